The maximum Gasteiger partial charge on any atom is -0.0286 e. The molecule has 0 heterocycles. The molecule has 0 aromatic rings. The average molecular weight is 137 g/mol. The summed E-state index contributed by atoms with van der Waals surface area (Å²) >= 11 is 0. The van der Waals surface area contributed by atoms with Crippen LogP contribution in [0.5, 0.6) is 0 Å². The highest BCUT2D eigenvalue weighted by Crippen LogP contribution is 2.09. The Morgan fingerprint density at radius 2 is 1.70 bits per heavy atom. The Bertz CT molecular complexity index is 120. The Hall–Kier alpha value is -0.520. The molecule has 0 aliphatic heterocycles. The van der Waals surface area contributed by atoms with Crippen LogP contribution in [0.2, 0.25) is 0 Å². The third-order valence-electron chi connectivity index (χ3n) is 1.75. The van der Waals surface area contributed by atoms with Crippen molar-refractivity contribution >= 4 is 0 Å². The van der Waals surface area contributed by atoms with Crippen LogP contribution < -0.4 is 0 Å². The van der Waals surface area contributed by atoms with E-state index < -0.39 is 0 Å². The van der Waals surface area contributed by atoms with E-state index in [-0.39, 0.29) is 0 Å². The van der Waals surface area contributed by atoms with Crippen molar-refractivity contribution in [2.75, 3.05) is 0 Å². The quantitative estimate of drug-likeness (QED) is 0.522. The maximum atomic E-state index is 3.71. The topological polar surface area (TPSA) is 0 Å². The molecule has 0 saturated heterocycles. The molecule has 0 amide bonds. The highest BCUT2D eigenvalue weighted by molar-refractivity contribution is 5.05. The van der Waals surface area contributed by atoms with E-state index in [4.69, 9.17) is 0 Å². The van der Waals surface area contributed by atoms with Crippen LogP contribution in [0.15, 0.2) is 23.3 Å². The van der Waals surface area contributed by atoms with Gasteiger partial charge < -0.3 is 0 Å². The number of hydrogen-bond acceptors (Lipinski definition) is 0. The van der Waals surface area contributed by atoms with Gasteiger partial charge in [-0.3, -0.25) is 0 Å². The molecule has 0 atom stereocenters. The zero-order valence-corrected chi connectivity index (χ0v) is 7.28. The first-order valence-corrected chi connectivity index (χ1v) is 3.77. The average Bonchev–Trinajstić information content (AvgIpc) is 1.99. The van der Waals surface area contributed by atoms with Gasteiger partial charge in [-0.25, -0.2) is 0 Å². The lowest BCUT2D eigenvalue weighted by Crippen LogP contribution is -1.79. The summed E-state index contributed by atoms with van der Waals surface area (Å²) in [7, 11) is 0. The number of rotatable bonds is 3. The van der Waals surface area contributed by atoms with Crippen molar-refractivity contribution in [2.45, 2.75) is 33.6 Å². The third-order valence-corrected chi connectivity index (χ3v) is 1.75. The molecule has 0 aromatic heterocycles. The van der Waals surface area contributed by atoms with Crippen LogP contribution in [0.4, 0.5) is 0 Å². The fourth-order valence-corrected chi connectivity index (χ4v) is 0.641. The molecule has 0 rings (SSSR count). The monoisotopic (exact) mass is 137 g/mol. The molecule has 0 nitrogen and oxygen atoms in total. The SMILES string of the molecule is [CH2]C=C(C)CCC(C)=CC. The van der Waals surface area contributed by atoms with Gasteiger partial charge in [-0.1, -0.05) is 23.3 Å². The van der Waals surface area contributed by atoms with E-state index in [2.05, 4.69) is 33.8 Å². The fraction of sp³-hybridized carbons (Fsp3) is 0.500. The van der Waals surface area contributed by atoms with Crippen molar-refractivity contribution in [1.29, 1.82) is 0 Å². The first kappa shape index (κ1) is 9.48. The standard InChI is InChI=1S/C10H17/c1-5-9(3)7-8-10(4)6-2/h5-6H,1,7-8H2,2-4H3. The van der Waals surface area contributed by atoms with E-state index in [1.165, 1.54) is 17.6 Å². The predicted octanol–water partition coefficient (Wildman–Crippen LogP) is 3.51. The molecule has 0 aliphatic rings. The molecule has 0 heteroatoms. The lowest BCUT2D eigenvalue weighted by atomic mass is 10.1. The molecule has 0 unspecified atom stereocenters. The Balaban J connectivity index is 3.56. The van der Waals surface area contributed by atoms with Gasteiger partial charge in [-0.05, 0) is 40.5 Å². The molecule has 0 saturated carbocycles. The van der Waals surface area contributed by atoms with Crippen LogP contribution in [0.3, 0.4) is 0 Å². The summed E-state index contributed by atoms with van der Waals surface area (Å²) in [6, 6.07) is 0. The zero-order valence-electron chi connectivity index (χ0n) is 7.28. The third kappa shape index (κ3) is 4.37. The van der Waals surface area contributed by atoms with Gasteiger partial charge in [-0.15, -0.1) is 0 Å². The molecule has 0 bridgehead atoms. The largest absolute Gasteiger partial charge is 0.0887 e. The minimum Gasteiger partial charge on any atom is -0.0887 e. The van der Waals surface area contributed by atoms with E-state index in [9.17, 15) is 0 Å². The van der Waals surface area contributed by atoms with Crippen molar-refractivity contribution in [3.63, 3.8) is 0 Å². The normalized spacial score (nSPS) is 14.0. The van der Waals surface area contributed by atoms with E-state index in [1.54, 1.807) is 0 Å². The highest BCUT2D eigenvalue weighted by Gasteiger charge is 1.89. The van der Waals surface area contributed by atoms with Gasteiger partial charge in [0.15, 0.2) is 0 Å². The lowest BCUT2D eigenvalue weighted by molar-refractivity contribution is 0.922. The Labute approximate surface area is 64.6 Å². The van der Waals surface area contributed by atoms with Crippen LogP contribution in [0.1, 0.15) is 33.6 Å². The van der Waals surface area contributed by atoms with Gasteiger partial charge in [0.05, 0.1) is 0 Å². The molecule has 10 heavy (non-hydrogen) atoms. The van der Waals surface area contributed by atoms with Crippen LogP contribution >= 0.6 is 0 Å². The second-order valence-electron chi connectivity index (χ2n) is 2.69. The second kappa shape index (κ2) is 5.28. The van der Waals surface area contributed by atoms with Crippen molar-refractivity contribution < 1.29 is 0 Å². The second-order valence-corrected chi connectivity index (χ2v) is 2.69. The Kier molecular flexibility index (Phi) is 5.00. The maximum absolute atomic E-state index is 3.71. The van der Waals surface area contributed by atoms with Crippen LogP contribution in [-0.2, 0) is 0 Å². The van der Waals surface area contributed by atoms with Crippen LogP contribution in [0.25, 0.3) is 0 Å². The minimum absolute atomic E-state index is 1.15. The number of allylic oxidation sites excluding steroid dienone is 4. The first-order valence-electron chi connectivity index (χ1n) is 3.77. The van der Waals surface area contributed by atoms with Crippen molar-refractivity contribution in [1.82, 2.24) is 0 Å². The van der Waals surface area contributed by atoms with E-state index >= 15 is 0 Å². The summed E-state index contributed by atoms with van der Waals surface area (Å²) < 4.78 is 0. The lowest BCUT2D eigenvalue weighted by Gasteiger charge is -1.99. The molecule has 0 aliphatic carbocycles. The zero-order chi connectivity index (χ0) is 7.98. The van der Waals surface area contributed by atoms with Crippen LogP contribution in [-0.4, -0.2) is 0 Å². The van der Waals surface area contributed by atoms with E-state index in [0.717, 1.165) is 6.42 Å². The molecular formula is C10H17. The summed E-state index contributed by atoms with van der Waals surface area (Å²) in [5.74, 6) is 0. The summed E-state index contributed by atoms with van der Waals surface area (Å²) in [4.78, 5) is 0. The smallest absolute Gasteiger partial charge is 0.0286 e. The molecule has 57 valence electrons. The van der Waals surface area contributed by atoms with Gasteiger partial charge in [0.25, 0.3) is 0 Å². The molecule has 0 aromatic carbocycles. The molecule has 0 spiro atoms. The first-order chi connectivity index (χ1) is 4.70. The molecule has 1 radical (unpaired) electrons. The van der Waals surface area contributed by atoms with Gasteiger partial charge in [0, 0.05) is 0 Å². The van der Waals surface area contributed by atoms with Gasteiger partial charge in [0.1, 0.15) is 0 Å². The van der Waals surface area contributed by atoms with Gasteiger partial charge >= 0.3 is 0 Å². The molecular weight excluding hydrogens is 120 g/mol. The summed E-state index contributed by atoms with van der Waals surface area (Å²) in [5.41, 5.74) is 2.84. The summed E-state index contributed by atoms with van der Waals surface area (Å²) in [6.07, 6.45) is 6.42. The van der Waals surface area contributed by atoms with E-state index in [0.29, 0.717) is 0 Å². The summed E-state index contributed by atoms with van der Waals surface area (Å²) in [6.45, 7) is 10.1. The van der Waals surface area contributed by atoms with Crippen LogP contribution in [0, 0.1) is 6.92 Å². The molecule has 0 N–H and O–H groups in total. The fourth-order valence-electron chi connectivity index (χ4n) is 0.641. The van der Waals surface area contributed by atoms with Crippen molar-refractivity contribution in [3.05, 3.63) is 30.2 Å². The van der Waals surface area contributed by atoms with Crippen molar-refractivity contribution in [2.24, 2.45) is 0 Å². The van der Waals surface area contributed by atoms with Gasteiger partial charge in [-0.2, -0.15) is 0 Å². The van der Waals surface area contributed by atoms with Crippen molar-refractivity contribution in [3.8, 4) is 0 Å². The Morgan fingerprint density at radius 3 is 2.10 bits per heavy atom. The van der Waals surface area contributed by atoms with Gasteiger partial charge in [0.2, 0.25) is 0 Å². The Morgan fingerprint density at radius 1 is 1.20 bits per heavy atom. The predicted molar refractivity (Wildman–Crippen MR) is 47.8 cm³/mol. The number of hydrogen-bond donors (Lipinski definition) is 0. The highest BCUT2D eigenvalue weighted by atomic mass is 14.0. The summed E-state index contributed by atoms with van der Waals surface area (Å²) in [5, 5.41) is 0. The molecule has 0 fully saturated rings. The minimum atomic E-state index is 1.15. The van der Waals surface area contributed by atoms with E-state index in [1.807, 2.05) is 6.08 Å².